The van der Waals surface area contributed by atoms with Gasteiger partial charge < -0.3 is 27.7 Å². The number of nitrogens with zero attached hydrogens (tertiary/aromatic N) is 8. The van der Waals surface area contributed by atoms with E-state index in [1.54, 1.807) is 34.9 Å². The Morgan fingerprint density at radius 1 is 0.410 bits per heavy atom. The molecule has 0 saturated heterocycles. The molecule has 11 nitrogen and oxygen atoms in total. The normalized spacial score (nSPS) is 36.2. The lowest BCUT2D eigenvalue weighted by Crippen LogP contribution is -2.50. The number of carbonyl (C=O) groups excluding carboxylic acids is 1. The van der Waals surface area contributed by atoms with Crippen LogP contribution in [-0.2, 0) is 16.1 Å². The van der Waals surface area contributed by atoms with Crippen molar-refractivity contribution in [2.24, 2.45) is 85.8 Å². The van der Waals surface area contributed by atoms with Crippen molar-refractivity contribution in [1.29, 1.82) is 0 Å². The molecule has 12 aliphatic rings. The van der Waals surface area contributed by atoms with E-state index in [1.807, 2.05) is 24.9 Å². The molecule has 12 unspecified atom stereocenters. The van der Waals surface area contributed by atoms with Crippen molar-refractivity contribution in [2.45, 2.75) is 201 Å². The fourth-order valence-corrected chi connectivity index (χ4v) is 25.9. The first-order valence-corrected chi connectivity index (χ1v) is 40.7. The lowest BCUT2D eigenvalue weighted by molar-refractivity contribution is -0.0366. The van der Waals surface area contributed by atoms with Gasteiger partial charge in [0.05, 0.1) is 41.6 Å². The van der Waals surface area contributed by atoms with Gasteiger partial charge in [-0.05, 0) is 281 Å². The predicted molar refractivity (Wildman–Crippen MR) is 422 cm³/mol. The van der Waals surface area contributed by atoms with E-state index in [4.69, 9.17) is 9.47 Å². The Bertz CT molecular complexity index is 4960. The maximum atomic E-state index is 12.5. The summed E-state index contributed by atoms with van der Waals surface area (Å²) >= 11 is 0. The highest BCUT2D eigenvalue weighted by Crippen LogP contribution is 2.70. The maximum absolute atomic E-state index is 12.5. The summed E-state index contributed by atoms with van der Waals surface area (Å²) in [7, 11) is 0. The van der Waals surface area contributed by atoms with Gasteiger partial charge in [-0.1, -0.05) is 143 Å². The van der Waals surface area contributed by atoms with Gasteiger partial charge >= 0.3 is 6.09 Å². The quantitative estimate of drug-likeness (QED) is 0.141. The molecule has 6 heterocycles. The van der Waals surface area contributed by atoms with Crippen LogP contribution in [0.25, 0.3) is 49.8 Å². The van der Waals surface area contributed by atoms with E-state index >= 15 is 0 Å². The number of para-hydroxylation sites is 3. The van der Waals surface area contributed by atoms with E-state index < -0.39 is 0 Å². The van der Waals surface area contributed by atoms with Crippen LogP contribution in [0.15, 0.2) is 225 Å². The zero-order valence-corrected chi connectivity index (χ0v) is 62.9. The molecule has 6 aromatic heterocycles. The second-order valence-electron chi connectivity index (χ2n) is 35.9. The van der Waals surface area contributed by atoms with Crippen LogP contribution in [0.2, 0.25) is 0 Å². The fourth-order valence-electron chi connectivity index (χ4n) is 25.9. The third-order valence-corrected chi connectivity index (χ3v) is 31.5. The number of allylic oxidation sites excluding steroid dienone is 10. The van der Waals surface area contributed by atoms with E-state index in [0.29, 0.717) is 34.8 Å². The highest BCUT2D eigenvalue weighted by Gasteiger charge is 2.61. The van der Waals surface area contributed by atoms with Gasteiger partial charge in [-0.3, -0.25) is 4.98 Å². The molecule has 21 rings (SSSR count). The minimum absolute atomic E-state index is 0.129. The van der Waals surface area contributed by atoms with Gasteiger partial charge in [0.25, 0.3) is 0 Å². The molecule has 0 amide bonds. The number of carbonyl (C=O) groups is 1. The molecule has 542 valence electrons. The Labute approximate surface area is 621 Å². The Hall–Kier alpha value is -8.28. The molecular formula is C94H108N8O3. The van der Waals surface area contributed by atoms with Crippen LogP contribution in [0, 0.1) is 85.8 Å². The first kappa shape index (κ1) is 67.3. The second-order valence-corrected chi connectivity index (χ2v) is 35.9. The highest BCUT2D eigenvalue weighted by atomic mass is 16.6. The number of aromatic nitrogens is 8. The van der Waals surface area contributed by atoms with Crippen molar-refractivity contribution in [3.8, 4) is 0 Å². The second kappa shape index (κ2) is 26.0. The summed E-state index contributed by atoms with van der Waals surface area (Å²) in [5.74, 6) is 7.08. The molecule has 12 aliphatic carbocycles. The van der Waals surface area contributed by atoms with E-state index in [-0.39, 0.29) is 34.5 Å². The molecule has 0 aliphatic heterocycles. The summed E-state index contributed by atoms with van der Waals surface area (Å²) in [4.78, 5) is 24.9. The summed E-state index contributed by atoms with van der Waals surface area (Å²) in [6.07, 6.45) is 62.7. The van der Waals surface area contributed by atoms with Crippen molar-refractivity contribution < 1.29 is 14.3 Å². The first-order valence-electron chi connectivity index (χ1n) is 40.7. The number of hydrogen-bond donors (Lipinski definition) is 0. The van der Waals surface area contributed by atoms with Crippen molar-refractivity contribution >= 4 is 55.9 Å². The number of pyridine rings is 1. The van der Waals surface area contributed by atoms with Crippen LogP contribution in [0.4, 0.5) is 4.79 Å². The monoisotopic (exact) mass is 1400 g/mol. The van der Waals surface area contributed by atoms with Gasteiger partial charge in [0.15, 0.2) is 0 Å². The van der Waals surface area contributed by atoms with Gasteiger partial charge in [-0.15, -0.1) is 0 Å². The van der Waals surface area contributed by atoms with E-state index in [1.165, 1.54) is 170 Å². The summed E-state index contributed by atoms with van der Waals surface area (Å²) in [6.45, 7) is 16.1. The van der Waals surface area contributed by atoms with Crippen LogP contribution in [-0.4, -0.2) is 56.1 Å². The van der Waals surface area contributed by atoms with Crippen molar-refractivity contribution in [3.05, 3.63) is 230 Å². The Kier molecular flexibility index (Phi) is 16.7. The third-order valence-electron chi connectivity index (χ3n) is 31.5. The molecule has 0 radical (unpaired) electrons. The lowest BCUT2D eigenvalue weighted by Gasteiger charge is -2.58. The molecule has 105 heavy (non-hydrogen) atoms. The van der Waals surface area contributed by atoms with E-state index in [2.05, 4.69) is 239 Å². The van der Waals surface area contributed by atoms with E-state index in [0.717, 1.165) is 73.0 Å². The molecule has 18 atom stereocenters. The van der Waals surface area contributed by atoms with Crippen LogP contribution in [0.3, 0.4) is 0 Å². The average molecular weight is 1400 g/mol. The molecule has 3 aromatic carbocycles. The zero-order chi connectivity index (χ0) is 71.0. The minimum Gasteiger partial charge on any atom is -0.441 e. The van der Waals surface area contributed by atoms with Crippen LogP contribution < -0.4 is 0 Å². The largest absolute Gasteiger partial charge is 0.441 e. The number of ether oxygens (including phenoxy) is 2. The van der Waals surface area contributed by atoms with Gasteiger partial charge in [0.1, 0.15) is 12.4 Å². The topological polar surface area (TPSA) is 98.8 Å². The molecule has 0 spiro atoms. The minimum atomic E-state index is -0.331. The number of hydrogen-bond acceptors (Lipinski definition) is 6. The summed E-state index contributed by atoms with van der Waals surface area (Å²) in [5, 5.41) is 4.03. The van der Waals surface area contributed by atoms with Crippen LogP contribution in [0.5, 0.6) is 0 Å². The fraction of sp³-hybridized carbons (Fsp3) is 0.489. The van der Waals surface area contributed by atoms with E-state index in [9.17, 15) is 4.79 Å². The number of imidazole rings is 2. The molecule has 0 bridgehead atoms. The third kappa shape index (κ3) is 11.0. The number of fused-ring (bicyclic) bond motifs is 18. The highest BCUT2D eigenvalue weighted by molar-refractivity contribution is 5.86. The predicted octanol–water partition coefficient (Wildman–Crippen LogP) is 22.8. The van der Waals surface area contributed by atoms with Gasteiger partial charge in [0, 0.05) is 89.1 Å². The lowest BCUT2D eigenvalue weighted by atomic mass is 9.47. The number of benzene rings is 3. The summed E-state index contributed by atoms with van der Waals surface area (Å²) in [5.41, 5.74) is 16.7. The van der Waals surface area contributed by atoms with Gasteiger partial charge in [-0.25, -0.2) is 19.3 Å². The average Bonchev–Trinajstić information content (AvgIpc) is 1.65. The maximum Gasteiger partial charge on any atom is 0.419 e. The molecule has 6 fully saturated rings. The SMILES string of the molecule is C[C@]12CCC(OC(=O)n3ccnc3)C=C1CCC1C2CC[C@]2(C)C(n3ccc4ccccc43)=CCC12.C[C@]12CCC(OCc3ccncc3)C=C1CCC1C2CC[C@]2(C)C(n3ccc4ccccc43)=CCC12.C[C@]12CCC(n3ccnc3)C=C1CCC1C2CC[C@]2(C)C(n3ccc4ccccc43)=CCC12. The zero-order valence-electron chi connectivity index (χ0n) is 62.9. The Balaban J connectivity index is 0.000000108. The molecular weight excluding hydrogens is 1290 g/mol. The van der Waals surface area contributed by atoms with Crippen molar-refractivity contribution in [1.82, 2.24) is 37.8 Å². The van der Waals surface area contributed by atoms with Gasteiger partial charge in [0.2, 0.25) is 0 Å². The van der Waals surface area contributed by atoms with Crippen LogP contribution in [0.1, 0.15) is 188 Å². The Morgan fingerprint density at radius 2 is 0.829 bits per heavy atom. The molecule has 0 N–H and O–H groups in total. The Morgan fingerprint density at radius 3 is 1.29 bits per heavy atom. The van der Waals surface area contributed by atoms with Crippen molar-refractivity contribution in [3.63, 3.8) is 0 Å². The molecule has 6 saturated carbocycles. The number of rotatable bonds is 8. The summed E-state index contributed by atoms with van der Waals surface area (Å²) < 4.78 is 23.4. The standard InChI is InChI=1S/C33H38N2O.C31H35N3O2.C30H35N3/c1-32-16-11-26(36-22-23-13-18-34-19-14-23)21-25(32)7-8-27-28-9-10-31(33(28,2)17-12-29(27)32)35-20-15-24-5-3-4-6-30(24)35;1-30-14-11-23(36-29(35)33-18-16-32-20-33)19-22(30)7-8-24-25-9-10-28(31(25,2)15-12-26(24)30)34-17-13-21-5-3-4-6-27(21)34;1-29-14-11-23(32-18-16-31-20-32)19-22(29)7-8-24-25-9-10-28(30(25,2)15-12-26(24)29)33-17-13-21-5-3-4-6-27(21)33/h3-6,10,13-15,18-21,26-29H,7-9,11-12,16-17,22H2,1-2H3;3-6,10,13,16-20,23-26H,7-9,11-12,14-15H2,1-2H3;3-6,10,13,16-20,23-26H,7-9,11-12,14-15H2,1-2H3/t26?,27?,28?,29?,32-,33-;23?,24?,25?,26?,30-,31-;23?,24?,25?,26?,29-,30-/m000/s1. The first-order chi connectivity index (χ1) is 51.1. The smallest absolute Gasteiger partial charge is 0.419 e. The van der Waals surface area contributed by atoms with Crippen LogP contribution >= 0.6 is 0 Å². The summed E-state index contributed by atoms with van der Waals surface area (Å²) in [6, 6.07) is 37.9. The molecule has 9 aromatic rings. The molecule has 11 heteroatoms. The van der Waals surface area contributed by atoms with Crippen molar-refractivity contribution in [2.75, 3.05) is 0 Å². The van der Waals surface area contributed by atoms with Gasteiger partial charge in [-0.2, -0.15) is 0 Å².